The third-order valence-corrected chi connectivity index (χ3v) is 7.09. The molecule has 0 radical (unpaired) electrons. The zero-order valence-corrected chi connectivity index (χ0v) is 20.9. The van der Waals surface area contributed by atoms with Crippen molar-refractivity contribution in [3.63, 3.8) is 0 Å². The Balaban J connectivity index is 1.51. The minimum Gasteiger partial charge on any atom is -0.465 e. The van der Waals surface area contributed by atoms with Crippen molar-refractivity contribution in [3.05, 3.63) is 70.1 Å². The van der Waals surface area contributed by atoms with Gasteiger partial charge in [0, 0.05) is 24.6 Å². The van der Waals surface area contributed by atoms with E-state index in [9.17, 15) is 14.7 Å². The lowest BCUT2D eigenvalue weighted by atomic mass is 9.94. The number of para-hydroxylation sites is 1. The summed E-state index contributed by atoms with van der Waals surface area (Å²) in [6.07, 6.45) is 3.50. The minimum absolute atomic E-state index is 0.0668. The fourth-order valence-corrected chi connectivity index (χ4v) is 5.24. The Hall–Kier alpha value is -3.50. The molecular formula is C24H25ClN6O3S. The molecule has 1 saturated heterocycles. The molecule has 3 aromatic rings. The summed E-state index contributed by atoms with van der Waals surface area (Å²) in [7, 11) is 0. The molecular weight excluding hydrogens is 488 g/mol. The number of aromatic nitrogens is 3. The summed E-state index contributed by atoms with van der Waals surface area (Å²) in [5, 5.41) is 16.5. The van der Waals surface area contributed by atoms with E-state index >= 15 is 0 Å². The Bertz CT molecular complexity index is 1260. The number of likely N-dealkylation sites (tertiary alicyclic amines) is 1. The van der Waals surface area contributed by atoms with Crippen LogP contribution in [0, 0.1) is 13.8 Å². The number of thiazole rings is 1. The molecule has 1 aliphatic heterocycles. The first-order valence-electron chi connectivity index (χ1n) is 11.0. The maximum atomic E-state index is 12.7. The number of hydrogen-bond donors (Lipinski definition) is 3. The smallest absolute Gasteiger partial charge is 0.407 e. The van der Waals surface area contributed by atoms with Crippen molar-refractivity contribution in [3.8, 4) is 0 Å². The molecule has 11 heteroatoms. The van der Waals surface area contributed by atoms with Gasteiger partial charge in [-0.3, -0.25) is 4.79 Å². The van der Waals surface area contributed by atoms with Gasteiger partial charge in [0.15, 0.2) is 5.13 Å². The maximum Gasteiger partial charge on any atom is 0.407 e. The number of aryl methyl sites for hydroxylation is 2. The van der Waals surface area contributed by atoms with Crippen molar-refractivity contribution >= 4 is 51.6 Å². The highest BCUT2D eigenvalue weighted by Crippen LogP contribution is 2.36. The van der Waals surface area contributed by atoms with Gasteiger partial charge >= 0.3 is 6.09 Å². The molecule has 4 rings (SSSR count). The van der Waals surface area contributed by atoms with Crippen LogP contribution in [0.4, 0.5) is 21.4 Å². The summed E-state index contributed by atoms with van der Waals surface area (Å²) in [6, 6.07) is 7.00. The van der Waals surface area contributed by atoms with Crippen molar-refractivity contribution in [1.29, 1.82) is 0 Å². The molecule has 1 aromatic carbocycles. The van der Waals surface area contributed by atoms with Crippen LogP contribution in [0.25, 0.3) is 0 Å². The van der Waals surface area contributed by atoms with Crippen LogP contribution in [-0.2, 0) is 0 Å². The van der Waals surface area contributed by atoms with Crippen LogP contribution in [0.2, 0.25) is 5.02 Å². The van der Waals surface area contributed by atoms with E-state index in [1.165, 1.54) is 22.4 Å². The van der Waals surface area contributed by atoms with Crippen LogP contribution in [0.15, 0.2) is 43.1 Å². The molecule has 0 spiro atoms. The largest absolute Gasteiger partial charge is 0.465 e. The van der Waals surface area contributed by atoms with E-state index < -0.39 is 6.09 Å². The molecule has 0 aliphatic carbocycles. The number of carbonyl (C=O) groups excluding carboxylic acids is 1. The van der Waals surface area contributed by atoms with Gasteiger partial charge in [-0.1, -0.05) is 41.1 Å². The highest BCUT2D eigenvalue weighted by Gasteiger charge is 2.38. The highest BCUT2D eigenvalue weighted by molar-refractivity contribution is 7.17. The fraction of sp³-hybridized carbons (Fsp3) is 0.292. The molecule has 3 heterocycles. The summed E-state index contributed by atoms with van der Waals surface area (Å²) in [6.45, 7) is 7.88. The van der Waals surface area contributed by atoms with E-state index in [-0.39, 0.29) is 17.9 Å². The van der Waals surface area contributed by atoms with Gasteiger partial charge in [-0.05, 0) is 38.3 Å². The summed E-state index contributed by atoms with van der Waals surface area (Å²) in [4.78, 5) is 39.6. The number of anilines is 3. The van der Waals surface area contributed by atoms with Crippen molar-refractivity contribution in [1.82, 2.24) is 19.9 Å². The molecule has 2 aromatic heterocycles. The van der Waals surface area contributed by atoms with Gasteiger partial charge in [-0.25, -0.2) is 19.7 Å². The van der Waals surface area contributed by atoms with Gasteiger partial charge in [-0.2, -0.15) is 0 Å². The predicted molar refractivity (Wildman–Crippen MR) is 137 cm³/mol. The van der Waals surface area contributed by atoms with E-state index in [0.717, 1.165) is 11.3 Å². The second-order valence-corrected chi connectivity index (χ2v) is 9.67. The maximum absolute atomic E-state index is 12.7. The Morgan fingerprint density at radius 1 is 1.34 bits per heavy atom. The molecule has 0 bridgehead atoms. The molecule has 2 unspecified atom stereocenters. The predicted octanol–water partition coefficient (Wildman–Crippen LogP) is 5.61. The number of benzene rings is 1. The number of carbonyl (C=O) groups is 2. The lowest BCUT2D eigenvalue weighted by Gasteiger charge is -2.25. The Morgan fingerprint density at radius 2 is 2.14 bits per heavy atom. The molecule has 0 saturated carbocycles. The third-order valence-electron chi connectivity index (χ3n) is 5.86. The fourth-order valence-electron chi connectivity index (χ4n) is 4.25. The first kappa shape index (κ1) is 24.6. The third kappa shape index (κ3) is 5.44. The number of carboxylic acid groups (broad SMARTS) is 1. The number of hydrogen-bond acceptors (Lipinski definition) is 7. The first-order chi connectivity index (χ1) is 16.8. The number of amides is 2. The molecule has 2 amide bonds. The van der Waals surface area contributed by atoms with Gasteiger partial charge in [0.1, 0.15) is 16.5 Å². The second-order valence-electron chi connectivity index (χ2n) is 8.23. The van der Waals surface area contributed by atoms with Crippen LogP contribution in [0.5, 0.6) is 0 Å². The number of rotatable bonds is 7. The molecule has 1 fully saturated rings. The molecule has 35 heavy (non-hydrogen) atoms. The Labute approximate surface area is 211 Å². The summed E-state index contributed by atoms with van der Waals surface area (Å²) >= 11 is 7.41. The summed E-state index contributed by atoms with van der Waals surface area (Å²) < 4.78 is 0. The van der Waals surface area contributed by atoms with E-state index in [4.69, 9.17) is 11.6 Å². The van der Waals surface area contributed by atoms with Crippen LogP contribution in [0.1, 0.15) is 45.5 Å². The zero-order valence-electron chi connectivity index (χ0n) is 19.3. The van der Waals surface area contributed by atoms with E-state index in [1.807, 2.05) is 25.1 Å². The van der Waals surface area contributed by atoms with Crippen molar-refractivity contribution in [2.24, 2.45) is 0 Å². The van der Waals surface area contributed by atoms with Crippen LogP contribution < -0.4 is 10.6 Å². The second kappa shape index (κ2) is 10.4. The number of halogens is 1. The Kier molecular flexibility index (Phi) is 7.32. The van der Waals surface area contributed by atoms with Crippen molar-refractivity contribution in [2.45, 2.75) is 38.6 Å². The minimum atomic E-state index is -0.941. The molecule has 182 valence electrons. The Morgan fingerprint density at radius 3 is 2.86 bits per heavy atom. The molecule has 3 N–H and O–H groups in total. The van der Waals surface area contributed by atoms with Gasteiger partial charge in [-0.15, -0.1) is 6.58 Å². The average Bonchev–Trinajstić information content (AvgIpc) is 3.43. The monoisotopic (exact) mass is 512 g/mol. The van der Waals surface area contributed by atoms with Crippen molar-refractivity contribution in [2.75, 3.05) is 17.2 Å². The van der Waals surface area contributed by atoms with E-state index in [1.54, 1.807) is 19.1 Å². The number of nitrogens with zero attached hydrogens (tertiary/aromatic N) is 4. The van der Waals surface area contributed by atoms with Crippen molar-refractivity contribution < 1.29 is 14.7 Å². The average molecular weight is 513 g/mol. The van der Waals surface area contributed by atoms with E-state index in [2.05, 4.69) is 32.2 Å². The SMILES string of the molecule is C=CCC1C(c2cc(Nc3ncc(C(=O)Nc4c(C)cccc4Cl)s3)nc(C)n2)CCN1C(=O)O. The standard InChI is InChI=1S/C24H25ClN6O3S/c1-4-6-18-15(9-10-31(18)24(33)34)17-11-20(28-14(3)27-17)29-23-26-12-19(35-23)22(32)30-21-13(2)7-5-8-16(21)25/h4-5,7-8,11-12,15,18H,1,6,9-10H2,2-3H3,(H,30,32)(H,33,34)(H,26,27,28,29). The van der Waals surface area contributed by atoms with Gasteiger partial charge in [0.25, 0.3) is 5.91 Å². The first-order valence-corrected chi connectivity index (χ1v) is 12.2. The van der Waals surface area contributed by atoms with E-state index in [0.29, 0.717) is 51.7 Å². The quantitative estimate of drug-likeness (QED) is 0.352. The summed E-state index contributed by atoms with van der Waals surface area (Å²) in [5.41, 5.74) is 2.19. The van der Waals surface area contributed by atoms with Crippen LogP contribution in [0.3, 0.4) is 0 Å². The van der Waals surface area contributed by atoms with Crippen LogP contribution >= 0.6 is 22.9 Å². The highest BCUT2D eigenvalue weighted by atomic mass is 35.5. The van der Waals surface area contributed by atoms with Gasteiger partial charge < -0.3 is 20.6 Å². The number of nitrogens with one attached hydrogen (secondary N) is 2. The zero-order chi connectivity index (χ0) is 25.1. The lowest BCUT2D eigenvalue weighted by molar-refractivity contribution is 0.103. The topological polar surface area (TPSA) is 120 Å². The normalized spacial score (nSPS) is 17.3. The molecule has 9 nitrogen and oxygen atoms in total. The molecule has 1 aliphatic rings. The van der Waals surface area contributed by atoms with Gasteiger partial charge in [0.2, 0.25) is 0 Å². The molecule has 2 atom stereocenters. The van der Waals surface area contributed by atoms with Gasteiger partial charge in [0.05, 0.1) is 22.6 Å². The lowest BCUT2D eigenvalue weighted by Crippen LogP contribution is -2.36. The summed E-state index contributed by atoms with van der Waals surface area (Å²) in [5.74, 6) is 0.711. The van der Waals surface area contributed by atoms with Crippen LogP contribution in [-0.4, -0.2) is 49.5 Å².